The molecule has 0 fully saturated rings. The third-order valence-corrected chi connectivity index (χ3v) is 5.94. The van der Waals surface area contributed by atoms with E-state index < -0.39 is 5.97 Å². The minimum Gasteiger partial charge on any atom is -0.462 e. The Kier molecular flexibility index (Phi) is 7.94. The van der Waals surface area contributed by atoms with Gasteiger partial charge in [-0.05, 0) is 38.0 Å². The molecular weight excluding hydrogens is 412 g/mol. The summed E-state index contributed by atoms with van der Waals surface area (Å²) in [4.78, 5) is 32.0. The van der Waals surface area contributed by atoms with Crippen molar-refractivity contribution in [2.24, 2.45) is 0 Å². The van der Waals surface area contributed by atoms with Crippen LogP contribution in [-0.2, 0) is 16.0 Å². The molecule has 7 nitrogen and oxygen atoms in total. The first-order valence-electron chi connectivity index (χ1n) is 10.6. The van der Waals surface area contributed by atoms with Crippen LogP contribution in [0.15, 0.2) is 42.7 Å². The highest BCUT2D eigenvalue weighted by Crippen LogP contribution is 2.28. The summed E-state index contributed by atoms with van der Waals surface area (Å²) in [5, 5.41) is 4.92. The highest BCUT2D eigenvalue weighted by Gasteiger charge is 2.24. The van der Waals surface area contributed by atoms with Gasteiger partial charge in [-0.3, -0.25) is 9.69 Å². The summed E-state index contributed by atoms with van der Waals surface area (Å²) in [6.45, 7) is 6.53. The van der Waals surface area contributed by atoms with Gasteiger partial charge in [-0.2, -0.15) is 5.10 Å². The fraction of sp³-hybridized carbons (Fsp3) is 0.391. The van der Waals surface area contributed by atoms with Gasteiger partial charge in [0.25, 0.3) is 0 Å². The predicted molar refractivity (Wildman–Crippen MR) is 122 cm³/mol. The number of thiazole rings is 1. The maximum atomic E-state index is 13.2. The summed E-state index contributed by atoms with van der Waals surface area (Å²) in [5.74, 6) is -0.457. The smallest absolute Gasteiger partial charge is 0.350 e. The van der Waals surface area contributed by atoms with Gasteiger partial charge in [0.1, 0.15) is 4.88 Å². The Bertz CT molecular complexity index is 1010. The maximum Gasteiger partial charge on any atom is 0.350 e. The molecule has 0 aliphatic carbocycles. The highest BCUT2D eigenvalue weighted by atomic mass is 32.1. The quantitative estimate of drug-likeness (QED) is 0.341. The van der Waals surface area contributed by atoms with Crippen molar-refractivity contribution in [3.8, 4) is 5.69 Å². The van der Waals surface area contributed by atoms with Crippen molar-refractivity contribution in [1.29, 1.82) is 0 Å². The van der Waals surface area contributed by atoms with E-state index in [-0.39, 0.29) is 12.3 Å². The molecule has 2 aromatic heterocycles. The van der Waals surface area contributed by atoms with E-state index in [4.69, 9.17) is 4.74 Å². The number of hydrogen-bond acceptors (Lipinski definition) is 6. The number of rotatable bonds is 10. The van der Waals surface area contributed by atoms with E-state index in [2.05, 4.69) is 17.0 Å². The maximum absolute atomic E-state index is 13.2. The van der Waals surface area contributed by atoms with Crippen LogP contribution in [0.3, 0.4) is 0 Å². The zero-order chi connectivity index (χ0) is 22.2. The third-order valence-electron chi connectivity index (χ3n) is 4.78. The Morgan fingerprint density at radius 3 is 2.65 bits per heavy atom. The van der Waals surface area contributed by atoms with Crippen LogP contribution < -0.4 is 4.90 Å². The monoisotopic (exact) mass is 440 g/mol. The van der Waals surface area contributed by atoms with Crippen molar-refractivity contribution in [2.45, 2.75) is 46.5 Å². The SMILES string of the molecule is CCCCCN(C(=O)Cc1cnn(-c2ccccc2)c1)c1nc(C)c(C(=O)OCC)s1. The molecule has 164 valence electrons. The van der Waals surface area contributed by atoms with E-state index in [0.29, 0.717) is 28.9 Å². The Labute approximate surface area is 186 Å². The van der Waals surface area contributed by atoms with Crippen LogP contribution in [-0.4, -0.2) is 39.8 Å². The number of amides is 1. The number of benzene rings is 1. The van der Waals surface area contributed by atoms with E-state index in [1.54, 1.807) is 29.6 Å². The molecule has 0 spiro atoms. The summed E-state index contributed by atoms with van der Waals surface area (Å²) in [7, 11) is 0. The van der Waals surface area contributed by atoms with Crippen molar-refractivity contribution in [3.63, 3.8) is 0 Å². The fourth-order valence-corrected chi connectivity index (χ4v) is 4.18. The molecule has 0 bridgehead atoms. The average molecular weight is 441 g/mol. The van der Waals surface area contributed by atoms with Gasteiger partial charge in [-0.25, -0.2) is 14.5 Å². The Hall–Kier alpha value is -3.00. The normalized spacial score (nSPS) is 10.8. The molecular formula is C23H28N4O3S. The number of carbonyl (C=O) groups is 2. The molecule has 0 saturated heterocycles. The number of carbonyl (C=O) groups excluding carboxylic acids is 2. The molecule has 0 radical (unpaired) electrons. The van der Waals surface area contributed by atoms with Gasteiger partial charge in [0.15, 0.2) is 5.13 Å². The van der Waals surface area contributed by atoms with Crippen molar-refractivity contribution in [1.82, 2.24) is 14.8 Å². The molecule has 3 rings (SSSR count). The lowest BCUT2D eigenvalue weighted by Gasteiger charge is -2.19. The summed E-state index contributed by atoms with van der Waals surface area (Å²) in [6, 6.07) is 9.77. The Morgan fingerprint density at radius 2 is 1.94 bits per heavy atom. The number of aromatic nitrogens is 3. The van der Waals surface area contributed by atoms with Gasteiger partial charge >= 0.3 is 5.97 Å². The average Bonchev–Trinajstić information content (AvgIpc) is 3.38. The third kappa shape index (κ3) is 5.79. The van der Waals surface area contributed by atoms with E-state index in [0.717, 1.165) is 30.5 Å². The second-order valence-electron chi connectivity index (χ2n) is 7.19. The predicted octanol–water partition coefficient (Wildman–Crippen LogP) is 4.58. The standard InChI is InChI=1S/C23H28N4O3S/c1-4-6-10-13-26(23-25-17(3)21(31-23)22(29)30-5-2)20(28)14-18-15-24-27(16-18)19-11-8-7-9-12-19/h7-9,11-12,15-16H,4-6,10,13-14H2,1-3H3. The van der Waals surface area contributed by atoms with E-state index in [1.807, 2.05) is 36.5 Å². The molecule has 0 unspecified atom stereocenters. The number of hydrogen-bond donors (Lipinski definition) is 0. The molecule has 31 heavy (non-hydrogen) atoms. The summed E-state index contributed by atoms with van der Waals surface area (Å²) >= 11 is 1.21. The Balaban J connectivity index is 1.79. The molecule has 3 aromatic rings. The van der Waals surface area contributed by atoms with Crippen LogP contribution in [0.2, 0.25) is 0 Å². The topological polar surface area (TPSA) is 77.3 Å². The summed E-state index contributed by atoms with van der Waals surface area (Å²) < 4.78 is 6.88. The van der Waals surface area contributed by atoms with Crippen LogP contribution in [0.4, 0.5) is 5.13 Å². The van der Waals surface area contributed by atoms with Crippen molar-refractivity contribution in [2.75, 3.05) is 18.1 Å². The first-order chi connectivity index (χ1) is 15.0. The first-order valence-corrected chi connectivity index (χ1v) is 11.4. The lowest BCUT2D eigenvalue weighted by atomic mass is 10.2. The van der Waals surface area contributed by atoms with Crippen LogP contribution in [0, 0.1) is 6.92 Å². The number of ether oxygens (including phenoxy) is 1. The lowest BCUT2D eigenvalue weighted by Crippen LogP contribution is -2.33. The second-order valence-corrected chi connectivity index (χ2v) is 8.17. The van der Waals surface area contributed by atoms with E-state index >= 15 is 0 Å². The van der Waals surface area contributed by atoms with E-state index in [9.17, 15) is 9.59 Å². The molecule has 8 heteroatoms. The van der Waals surface area contributed by atoms with Crippen molar-refractivity contribution < 1.29 is 14.3 Å². The number of esters is 1. The van der Waals surface area contributed by atoms with Crippen LogP contribution in [0.1, 0.15) is 54.0 Å². The minimum atomic E-state index is -0.395. The van der Waals surface area contributed by atoms with Crippen LogP contribution >= 0.6 is 11.3 Å². The molecule has 0 N–H and O–H groups in total. The van der Waals surface area contributed by atoms with Crippen molar-refractivity contribution >= 4 is 28.3 Å². The van der Waals surface area contributed by atoms with Crippen LogP contribution in [0.5, 0.6) is 0 Å². The molecule has 0 aliphatic heterocycles. The zero-order valence-electron chi connectivity index (χ0n) is 18.2. The van der Waals surface area contributed by atoms with Gasteiger partial charge in [0, 0.05) is 12.7 Å². The number of unbranched alkanes of at least 4 members (excludes halogenated alkanes) is 2. The zero-order valence-corrected chi connectivity index (χ0v) is 19.0. The first kappa shape index (κ1) is 22.7. The fourth-order valence-electron chi connectivity index (χ4n) is 3.17. The van der Waals surface area contributed by atoms with Gasteiger partial charge in [0.05, 0.1) is 30.6 Å². The molecule has 0 atom stereocenters. The van der Waals surface area contributed by atoms with Crippen molar-refractivity contribution in [3.05, 3.63) is 58.9 Å². The second kappa shape index (κ2) is 10.9. The molecule has 1 amide bonds. The molecule has 2 heterocycles. The van der Waals surface area contributed by atoms with Crippen LogP contribution in [0.25, 0.3) is 5.69 Å². The highest BCUT2D eigenvalue weighted by molar-refractivity contribution is 7.17. The largest absolute Gasteiger partial charge is 0.462 e. The number of anilines is 1. The number of nitrogens with zero attached hydrogens (tertiary/aromatic N) is 4. The molecule has 0 saturated carbocycles. The van der Waals surface area contributed by atoms with Gasteiger partial charge in [0.2, 0.25) is 5.91 Å². The van der Waals surface area contributed by atoms with Gasteiger partial charge < -0.3 is 4.74 Å². The number of aryl methyl sites for hydroxylation is 1. The number of para-hydroxylation sites is 1. The summed E-state index contributed by atoms with van der Waals surface area (Å²) in [5.41, 5.74) is 2.35. The molecule has 1 aromatic carbocycles. The summed E-state index contributed by atoms with van der Waals surface area (Å²) in [6.07, 6.45) is 6.74. The van der Waals surface area contributed by atoms with Gasteiger partial charge in [-0.15, -0.1) is 0 Å². The Morgan fingerprint density at radius 1 is 1.16 bits per heavy atom. The minimum absolute atomic E-state index is 0.0622. The van der Waals surface area contributed by atoms with Gasteiger partial charge in [-0.1, -0.05) is 49.3 Å². The lowest BCUT2D eigenvalue weighted by molar-refractivity contribution is -0.118. The van der Waals surface area contributed by atoms with E-state index in [1.165, 1.54) is 11.3 Å². The molecule has 0 aliphatic rings.